The number of allylic oxidation sites excluding steroid dienone is 1. The van der Waals surface area contributed by atoms with Crippen molar-refractivity contribution in [3.05, 3.63) is 30.0 Å². The predicted octanol–water partition coefficient (Wildman–Crippen LogP) is 3.94. The van der Waals surface area contributed by atoms with Gasteiger partial charge in [-0.1, -0.05) is 40.2 Å². The molecule has 6 nitrogen and oxygen atoms in total. The molecule has 0 aliphatic carbocycles. The summed E-state index contributed by atoms with van der Waals surface area (Å²) < 4.78 is 1.93. The van der Waals surface area contributed by atoms with E-state index in [4.69, 9.17) is 5.10 Å². The summed E-state index contributed by atoms with van der Waals surface area (Å²) in [5, 5.41) is 19.3. The molecule has 0 aliphatic heterocycles. The Kier molecular flexibility index (Phi) is 8.23. The summed E-state index contributed by atoms with van der Waals surface area (Å²) in [7, 11) is 0. The van der Waals surface area contributed by atoms with E-state index in [0.29, 0.717) is 5.92 Å². The van der Waals surface area contributed by atoms with E-state index < -0.39 is 0 Å². The van der Waals surface area contributed by atoms with Crippen molar-refractivity contribution >= 4 is 11.0 Å². The third-order valence-corrected chi connectivity index (χ3v) is 5.20. The average molecular weight is 374 g/mol. The number of hydrogen-bond donors (Lipinski definition) is 2. The highest BCUT2D eigenvalue weighted by molar-refractivity contribution is 5.80. The fraction of sp³-hybridized carbons (Fsp3) is 0.667. The van der Waals surface area contributed by atoms with Gasteiger partial charge in [-0.25, -0.2) is 14.6 Å². The van der Waals surface area contributed by atoms with E-state index in [1.807, 2.05) is 11.6 Å². The van der Waals surface area contributed by atoms with Gasteiger partial charge in [0.05, 0.1) is 29.4 Å². The molecule has 0 saturated heterocycles. The summed E-state index contributed by atoms with van der Waals surface area (Å²) in [6, 6.07) is -0.0482. The Morgan fingerprint density at radius 3 is 2.78 bits per heavy atom. The zero-order valence-corrected chi connectivity index (χ0v) is 17.3. The van der Waals surface area contributed by atoms with Crippen LogP contribution < -0.4 is 5.32 Å². The molecular weight excluding hydrogens is 338 g/mol. The summed E-state index contributed by atoms with van der Waals surface area (Å²) in [6.07, 6.45) is 7.51. The molecule has 0 saturated carbocycles. The van der Waals surface area contributed by atoms with Gasteiger partial charge in [-0.2, -0.15) is 5.10 Å². The zero-order valence-electron chi connectivity index (χ0n) is 17.3. The lowest BCUT2D eigenvalue weighted by Gasteiger charge is -2.19. The third-order valence-electron chi connectivity index (χ3n) is 5.20. The van der Waals surface area contributed by atoms with Crippen molar-refractivity contribution in [2.45, 2.75) is 72.3 Å². The van der Waals surface area contributed by atoms with Crippen LogP contribution in [0.4, 0.5) is 0 Å². The molecule has 0 fully saturated rings. The highest BCUT2D eigenvalue weighted by Crippen LogP contribution is 2.27. The van der Waals surface area contributed by atoms with Crippen LogP contribution in [-0.2, 0) is 6.42 Å². The van der Waals surface area contributed by atoms with Crippen LogP contribution in [-0.4, -0.2) is 38.0 Å². The number of rotatable bonds is 12. The number of fused-ring (bicyclic) bond motifs is 1. The Morgan fingerprint density at radius 1 is 1.33 bits per heavy atom. The van der Waals surface area contributed by atoms with Gasteiger partial charge in [-0.05, 0) is 38.5 Å². The second-order valence-electron chi connectivity index (χ2n) is 7.52. The molecule has 0 aliphatic rings. The summed E-state index contributed by atoms with van der Waals surface area (Å²) in [4.78, 5) is 8.86. The smallest absolute Gasteiger partial charge is 0.162 e. The summed E-state index contributed by atoms with van der Waals surface area (Å²) in [6.45, 7) is 13.6. The molecule has 2 aromatic rings. The third kappa shape index (κ3) is 5.51. The Bertz CT molecular complexity index is 739. The average Bonchev–Trinajstić information content (AvgIpc) is 3.03. The molecule has 6 heteroatoms. The number of aryl methyl sites for hydroxylation is 2. The van der Waals surface area contributed by atoms with E-state index in [2.05, 4.69) is 42.6 Å². The second kappa shape index (κ2) is 10.4. The highest BCUT2D eigenvalue weighted by atomic mass is 16.3. The minimum Gasteiger partial charge on any atom is -0.394 e. The van der Waals surface area contributed by atoms with E-state index in [1.54, 1.807) is 6.33 Å². The van der Waals surface area contributed by atoms with Gasteiger partial charge in [0.2, 0.25) is 0 Å². The minimum absolute atomic E-state index is 0.0482. The van der Waals surface area contributed by atoms with Gasteiger partial charge in [-0.3, -0.25) is 0 Å². The van der Waals surface area contributed by atoms with Gasteiger partial charge in [-0.15, -0.1) is 0 Å². The first-order valence-electron chi connectivity index (χ1n) is 10.2. The molecule has 2 atom stereocenters. The monoisotopic (exact) mass is 373 g/mol. The Morgan fingerprint density at radius 2 is 2.11 bits per heavy atom. The van der Waals surface area contributed by atoms with Crippen molar-refractivity contribution in [1.82, 2.24) is 25.1 Å². The van der Waals surface area contributed by atoms with Crippen molar-refractivity contribution in [3.63, 3.8) is 0 Å². The lowest BCUT2D eigenvalue weighted by molar-refractivity contribution is 0.197. The van der Waals surface area contributed by atoms with Crippen LogP contribution in [0.3, 0.4) is 0 Å². The summed E-state index contributed by atoms with van der Waals surface area (Å²) in [5.41, 5.74) is 3.91. The van der Waals surface area contributed by atoms with Crippen molar-refractivity contribution in [1.29, 1.82) is 0 Å². The van der Waals surface area contributed by atoms with Gasteiger partial charge in [0, 0.05) is 12.2 Å². The lowest BCUT2D eigenvalue weighted by atomic mass is 10.00. The first kappa shape index (κ1) is 21.4. The number of aromatic nitrogens is 4. The maximum absolute atomic E-state index is 9.96. The maximum atomic E-state index is 9.96. The second-order valence-corrected chi connectivity index (χ2v) is 7.52. The standard InChI is InChI=1S/C21H35N5O/c1-6-9-16(4)22-11-8-10-19-20-17(5)23-14-24-21(20)26(25-19)18(13-27)12-15(3)7-2/h14-15,18,22,27H,4,6-13H2,1-3,5H3. The maximum Gasteiger partial charge on any atom is 0.162 e. The number of hydrogen-bond acceptors (Lipinski definition) is 5. The van der Waals surface area contributed by atoms with E-state index in [0.717, 1.165) is 73.2 Å². The Hall–Kier alpha value is -1.95. The Balaban J connectivity index is 2.20. The molecule has 0 amide bonds. The van der Waals surface area contributed by atoms with Gasteiger partial charge >= 0.3 is 0 Å². The van der Waals surface area contributed by atoms with Gasteiger partial charge in [0.25, 0.3) is 0 Å². The quantitative estimate of drug-likeness (QED) is 0.551. The van der Waals surface area contributed by atoms with Crippen molar-refractivity contribution in [2.24, 2.45) is 5.92 Å². The molecule has 150 valence electrons. The first-order valence-corrected chi connectivity index (χ1v) is 10.2. The highest BCUT2D eigenvalue weighted by Gasteiger charge is 2.21. The molecule has 0 spiro atoms. The molecule has 2 heterocycles. The minimum atomic E-state index is -0.0482. The number of nitrogens with one attached hydrogen (secondary N) is 1. The Labute approximate surface area is 163 Å². The molecule has 27 heavy (non-hydrogen) atoms. The predicted molar refractivity (Wildman–Crippen MR) is 111 cm³/mol. The van der Waals surface area contributed by atoms with E-state index in [-0.39, 0.29) is 12.6 Å². The van der Waals surface area contributed by atoms with Crippen LogP contribution in [0.2, 0.25) is 0 Å². The SMILES string of the molecule is C=C(CCC)NCCCc1nn(C(CO)CC(C)CC)c2ncnc(C)c12. The number of aliphatic hydroxyl groups is 1. The number of aliphatic hydroxyl groups excluding tert-OH is 1. The molecular formula is C21H35N5O. The van der Waals surface area contributed by atoms with E-state index >= 15 is 0 Å². The summed E-state index contributed by atoms with van der Waals surface area (Å²) >= 11 is 0. The van der Waals surface area contributed by atoms with Crippen LogP contribution in [0.25, 0.3) is 11.0 Å². The van der Waals surface area contributed by atoms with Crippen LogP contribution in [0.1, 0.15) is 70.3 Å². The van der Waals surface area contributed by atoms with Gasteiger partial charge in [0.1, 0.15) is 6.33 Å². The van der Waals surface area contributed by atoms with Gasteiger partial charge in [0.15, 0.2) is 5.65 Å². The van der Waals surface area contributed by atoms with Crippen LogP contribution in [0.5, 0.6) is 0 Å². The van der Waals surface area contributed by atoms with Crippen molar-refractivity contribution in [2.75, 3.05) is 13.2 Å². The molecule has 2 rings (SSSR count). The first-order chi connectivity index (χ1) is 13.0. The van der Waals surface area contributed by atoms with Crippen LogP contribution >= 0.6 is 0 Å². The van der Waals surface area contributed by atoms with Crippen molar-refractivity contribution < 1.29 is 5.11 Å². The largest absolute Gasteiger partial charge is 0.394 e. The number of nitrogens with zero attached hydrogens (tertiary/aromatic N) is 4. The van der Waals surface area contributed by atoms with E-state index in [9.17, 15) is 5.11 Å². The fourth-order valence-electron chi connectivity index (χ4n) is 3.42. The molecule has 2 N–H and O–H groups in total. The molecule has 2 unspecified atom stereocenters. The van der Waals surface area contributed by atoms with E-state index in [1.165, 1.54) is 0 Å². The topological polar surface area (TPSA) is 75.9 Å². The van der Waals surface area contributed by atoms with Gasteiger partial charge < -0.3 is 10.4 Å². The van der Waals surface area contributed by atoms with Crippen LogP contribution in [0, 0.1) is 12.8 Å². The molecule has 2 aromatic heterocycles. The zero-order chi connectivity index (χ0) is 19.8. The fourth-order valence-corrected chi connectivity index (χ4v) is 3.42. The molecule has 0 bridgehead atoms. The molecule has 0 radical (unpaired) electrons. The lowest BCUT2D eigenvalue weighted by Crippen LogP contribution is -2.18. The summed E-state index contributed by atoms with van der Waals surface area (Å²) in [5.74, 6) is 0.529. The molecule has 0 aromatic carbocycles. The normalized spacial score (nSPS) is 13.7. The van der Waals surface area contributed by atoms with Crippen LogP contribution in [0.15, 0.2) is 18.6 Å². The van der Waals surface area contributed by atoms with Crippen molar-refractivity contribution in [3.8, 4) is 0 Å².